The van der Waals surface area contributed by atoms with Gasteiger partial charge in [0.1, 0.15) is 0 Å². The van der Waals surface area contributed by atoms with E-state index in [0.717, 1.165) is 25.7 Å². The zero-order chi connectivity index (χ0) is 19.0. The first-order chi connectivity index (χ1) is 13.0. The van der Waals surface area contributed by atoms with Crippen LogP contribution in [0.15, 0.2) is 63.5 Å². The molecule has 0 aliphatic rings. The molecule has 2 aromatic carbocycles. The molecule has 0 radical (unpaired) electrons. The van der Waals surface area contributed by atoms with Gasteiger partial charge in [-0.05, 0) is 42.5 Å². The maximum absolute atomic E-state index is 12.6. The van der Waals surface area contributed by atoms with E-state index in [1.165, 1.54) is 0 Å². The SMILES string of the molecule is O=C(Cc1n[nH]c(=S)n2nc(-c3ccc(Br)cc3)cc12)c1ccc(Br)cc1. The normalized spacial score (nSPS) is 11.0. The van der Waals surface area contributed by atoms with Crippen molar-refractivity contribution in [1.82, 2.24) is 19.8 Å². The minimum absolute atomic E-state index is 0.0196. The Bertz CT molecular complexity index is 1200. The second-order valence-corrected chi connectivity index (χ2v) is 8.13. The number of benzene rings is 2. The number of hydrogen-bond donors (Lipinski definition) is 1. The van der Waals surface area contributed by atoms with Crippen LogP contribution in [0.3, 0.4) is 0 Å². The standard InChI is InChI=1S/C19H12Br2N4OS/c20-13-5-1-11(2-6-13)15-9-17-16(22-23-19(27)25(17)24-15)10-18(26)12-3-7-14(21)8-4-12/h1-9H,10H2,(H,23,27). The third-order valence-electron chi connectivity index (χ3n) is 4.12. The number of nitrogens with one attached hydrogen (secondary N) is 1. The topological polar surface area (TPSA) is 63.0 Å². The number of H-pyrrole nitrogens is 1. The van der Waals surface area contributed by atoms with Gasteiger partial charge < -0.3 is 0 Å². The fraction of sp³-hybridized carbons (Fsp3) is 0.0526. The first kappa shape index (κ1) is 18.2. The van der Waals surface area contributed by atoms with Gasteiger partial charge in [0.15, 0.2) is 5.78 Å². The number of carbonyl (C=O) groups is 1. The second-order valence-electron chi connectivity index (χ2n) is 5.92. The maximum atomic E-state index is 12.6. The first-order valence-corrected chi connectivity index (χ1v) is 10.0. The van der Waals surface area contributed by atoms with E-state index in [9.17, 15) is 4.79 Å². The molecule has 5 nitrogen and oxygen atoms in total. The van der Waals surface area contributed by atoms with Crippen molar-refractivity contribution in [3.8, 4) is 11.3 Å². The lowest BCUT2D eigenvalue weighted by molar-refractivity contribution is 0.0992. The lowest BCUT2D eigenvalue weighted by Gasteiger charge is -2.03. The molecular weight excluding hydrogens is 492 g/mol. The third-order valence-corrected chi connectivity index (χ3v) is 5.44. The van der Waals surface area contributed by atoms with E-state index in [-0.39, 0.29) is 12.2 Å². The van der Waals surface area contributed by atoms with Crippen molar-refractivity contribution in [2.75, 3.05) is 0 Å². The zero-order valence-electron chi connectivity index (χ0n) is 13.8. The molecule has 0 saturated carbocycles. The average Bonchev–Trinajstić information content (AvgIpc) is 3.11. The van der Waals surface area contributed by atoms with Crippen molar-refractivity contribution in [2.45, 2.75) is 6.42 Å². The Hall–Kier alpha value is -2.16. The van der Waals surface area contributed by atoms with Crippen LogP contribution < -0.4 is 0 Å². The highest BCUT2D eigenvalue weighted by atomic mass is 79.9. The summed E-state index contributed by atoms with van der Waals surface area (Å²) in [5.41, 5.74) is 3.69. The van der Waals surface area contributed by atoms with Crippen LogP contribution in [0.5, 0.6) is 0 Å². The number of Topliss-reactive ketones (excluding diaryl/α,β-unsaturated/α-hetero) is 1. The van der Waals surface area contributed by atoms with Crippen LogP contribution in [0.25, 0.3) is 16.8 Å². The molecule has 0 amide bonds. The fourth-order valence-electron chi connectivity index (χ4n) is 2.74. The zero-order valence-corrected chi connectivity index (χ0v) is 17.8. The van der Waals surface area contributed by atoms with E-state index in [0.29, 0.717) is 16.0 Å². The van der Waals surface area contributed by atoms with E-state index < -0.39 is 0 Å². The van der Waals surface area contributed by atoms with Gasteiger partial charge in [0.05, 0.1) is 23.3 Å². The Morgan fingerprint density at radius 1 is 1.04 bits per heavy atom. The number of aromatic amines is 1. The molecular formula is C19H12Br2N4OS. The van der Waals surface area contributed by atoms with Gasteiger partial charge in [-0.15, -0.1) is 0 Å². The molecule has 2 heterocycles. The van der Waals surface area contributed by atoms with Crippen LogP contribution in [0.4, 0.5) is 0 Å². The first-order valence-electron chi connectivity index (χ1n) is 8.03. The number of ketones is 1. The number of rotatable bonds is 4. The van der Waals surface area contributed by atoms with E-state index >= 15 is 0 Å². The maximum Gasteiger partial charge on any atom is 0.215 e. The summed E-state index contributed by atoms with van der Waals surface area (Å²) in [6.45, 7) is 0. The summed E-state index contributed by atoms with van der Waals surface area (Å²) in [6.07, 6.45) is 0.155. The van der Waals surface area contributed by atoms with E-state index in [1.54, 1.807) is 16.6 Å². The van der Waals surface area contributed by atoms with Gasteiger partial charge in [-0.2, -0.15) is 10.2 Å². The summed E-state index contributed by atoms with van der Waals surface area (Å²) in [6, 6.07) is 17.0. The Kier molecular flexibility index (Phi) is 5.03. The van der Waals surface area contributed by atoms with Gasteiger partial charge in [0.2, 0.25) is 4.77 Å². The molecule has 1 N–H and O–H groups in total. The predicted molar refractivity (Wildman–Crippen MR) is 113 cm³/mol. The minimum atomic E-state index is -0.0196. The van der Waals surface area contributed by atoms with Gasteiger partial charge in [0, 0.05) is 20.1 Å². The monoisotopic (exact) mass is 502 g/mol. The molecule has 8 heteroatoms. The van der Waals surface area contributed by atoms with Gasteiger partial charge in [0.25, 0.3) is 0 Å². The van der Waals surface area contributed by atoms with Crippen molar-refractivity contribution in [1.29, 1.82) is 0 Å². The van der Waals surface area contributed by atoms with Crippen LogP contribution in [0.2, 0.25) is 0 Å². The summed E-state index contributed by atoms with van der Waals surface area (Å²) in [5, 5.41) is 11.6. The Labute approximate surface area is 176 Å². The number of hydrogen-bond acceptors (Lipinski definition) is 4. The predicted octanol–water partition coefficient (Wildman–Crippen LogP) is 5.40. The summed E-state index contributed by atoms with van der Waals surface area (Å²) < 4.78 is 3.92. The van der Waals surface area contributed by atoms with E-state index in [4.69, 9.17) is 12.2 Å². The van der Waals surface area contributed by atoms with Crippen molar-refractivity contribution in [3.63, 3.8) is 0 Å². The van der Waals surface area contributed by atoms with Crippen molar-refractivity contribution in [3.05, 3.63) is 79.6 Å². The molecule has 4 aromatic rings. The van der Waals surface area contributed by atoms with E-state index in [1.807, 2.05) is 42.5 Å². The third kappa shape index (κ3) is 3.78. The van der Waals surface area contributed by atoms with Crippen LogP contribution in [-0.4, -0.2) is 25.6 Å². The molecule has 0 fully saturated rings. The van der Waals surface area contributed by atoms with Crippen LogP contribution in [-0.2, 0) is 6.42 Å². The van der Waals surface area contributed by atoms with Crippen molar-refractivity contribution < 1.29 is 4.79 Å². The van der Waals surface area contributed by atoms with E-state index in [2.05, 4.69) is 47.2 Å². The molecule has 0 atom stereocenters. The molecule has 2 aromatic heterocycles. The highest BCUT2D eigenvalue weighted by Crippen LogP contribution is 2.23. The van der Waals surface area contributed by atoms with Gasteiger partial charge in [-0.25, -0.2) is 4.52 Å². The molecule has 134 valence electrons. The van der Waals surface area contributed by atoms with Crippen LogP contribution >= 0.6 is 44.1 Å². The summed E-state index contributed by atoms with van der Waals surface area (Å²) in [7, 11) is 0. The second kappa shape index (κ2) is 7.46. The summed E-state index contributed by atoms with van der Waals surface area (Å²) in [4.78, 5) is 12.6. The smallest absolute Gasteiger partial charge is 0.215 e. The number of halogens is 2. The minimum Gasteiger partial charge on any atom is -0.294 e. The lowest BCUT2D eigenvalue weighted by Crippen LogP contribution is -2.09. The highest BCUT2D eigenvalue weighted by molar-refractivity contribution is 9.10. The van der Waals surface area contributed by atoms with Crippen LogP contribution in [0, 0.1) is 4.77 Å². The van der Waals surface area contributed by atoms with Crippen LogP contribution in [0.1, 0.15) is 16.1 Å². The van der Waals surface area contributed by atoms with Crippen molar-refractivity contribution >= 4 is 55.4 Å². The Morgan fingerprint density at radius 2 is 1.67 bits per heavy atom. The Balaban J connectivity index is 1.74. The fourth-order valence-corrected chi connectivity index (χ4v) is 3.46. The van der Waals surface area contributed by atoms with Gasteiger partial charge in [-0.1, -0.05) is 56.1 Å². The molecule has 0 unspecified atom stereocenters. The summed E-state index contributed by atoms with van der Waals surface area (Å²) >= 11 is 12.1. The lowest BCUT2D eigenvalue weighted by atomic mass is 10.1. The molecule has 0 saturated heterocycles. The quantitative estimate of drug-likeness (QED) is 0.299. The highest BCUT2D eigenvalue weighted by Gasteiger charge is 2.15. The largest absolute Gasteiger partial charge is 0.294 e. The van der Waals surface area contributed by atoms with Gasteiger partial charge in [-0.3, -0.25) is 9.89 Å². The number of nitrogens with zero attached hydrogens (tertiary/aromatic N) is 3. The molecule has 4 rings (SSSR count). The summed E-state index contributed by atoms with van der Waals surface area (Å²) in [5.74, 6) is -0.0196. The van der Waals surface area contributed by atoms with Gasteiger partial charge >= 0.3 is 0 Å². The molecule has 0 aliphatic carbocycles. The molecule has 27 heavy (non-hydrogen) atoms. The van der Waals surface area contributed by atoms with Crippen molar-refractivity contribution in [2.24, 2.45) is 0 Å². The Morgan fingerprint density at radius 3 is 2.33 bits per heavy atom. The number of fused-ring (bicyclic) bond motifs is 1. The molecule has 0 aliphatic heterocycles. The molecule has 0 bridgehead atoms. The number of aromatic nitrogens is 4. The number of carbonyl (C=O) groups excluding carboxylic acids is 1. The average molecular weight is 504 g/mol. The molecule has 0 spiro atoms.